The van der Waals surface area contributed by atoms with Crippen LogP contribution in [0.15, 0.2) is 55.3 Å². The Balaban J connectivity index is 2.38. The van der Waals surface area contributed by atoms with Gasteiger partial charge in [0.05, 0.1) is 17.3 Å². The average Bonchev–Trinajstić information content (AvgIpc) is 2.52. The minimum Gasteiger partial charge on any atom is -0.340 e. The van der Waals surface area contributed by atoms with E-state index in [9.17, 15) is 18.0 Å². The van der Waals surface area contributed by atoms with Gasteiger partial charge >= 0.3 is 6.18 Å². The summed E-state index contributed by atoms with van der Waals surface area (Å²) >= 11 is 5.82. The Bertz CT molecular complexity index is 697. The van der Waals surface area contributed by atoms with Gasteiger partial charge in [0.2, 0.25) is 5.91 Å². The van der Waals surface area contributed by atoms with Gasteiger partial charge in [-0.25, -0.2) is 0 Å². The molecule has 2 aromatic rings. The Labute approximate surface area is 135 Å². The zero-order chi connectivity index (χ0) is 17.0. The molecular formula is C16H12ClF3N2O. The number of nitrogens with one attached hydrogen (secondary N) is 1. The maximum Gasteiger partial charge on any atom is 0.417 e. The van der Waals surface area contributed by atoms with Crippen LogP contribution >= 0.6 is 11.6 Å². The number of carbonyl (C=O) groups is 1. The predicted octanol–water partition coefficient (Wildman–Crippen LogP) is 4.15. The van der Waals surface area contributed by atoms with Crippen LogP contribution in [-0.4, -0.2) is 10.9 Å². The molecule has 120 valence electrons. The maximum absolute atomic E-state index is 12.6. The molecule has 2 rings (SSSR count). The number of aromatic nitrogens is 1. The highest BCUT2D eigenvalue weighted by molar-refractivity contribution is 6.30. The highest BCUT2D eigenvalue weighted by Gasteiger charge is 2.31. The molecule has 1 atom stereocenters. The summed E-state index contributed by atoms with van der Waals surface area (Å²) in [5, 5.41) is 3.14. The number of carbonyl (C=O) groups excluding carboxylic acids is 1. The number of rotatable bonds is 4. The SMILES string of the molecule is C=CC(=O)NC(c1ccc(Cl)cc1)c1ccc(C(F)(F)F)cn1. The zero-order valence-electron chi connectivity index (χ0n) is 11.8. The number of benzene rings is 1. The van der Waals surface area contributed by atoms with Gasteiger partial charge in [0, 0.05) is 11.2 Å². The lowest BCUT2D eigenvalue weighted by Crippen LogP contribution is -2.28. The summed E-state index contributed by atoms with van der Waals surface area (Å²) in [6, 6.07) is 8.00. The molecule has 1 aromatic carbocycles. The van der Waals surface area contributed by atoms with Crippen LogP contribution in [0, 0.1) is 0 Å². The van der Waals surface area contributed by atoms with Crippen LogP contribution in [0.5, 0.6) is 0 Å². The lowest BCUT2D eigenvalue weighted by atomic mass is 10.0. The van der Waals surface area contributed by atoms with Crippen LogP contribution < -0.4 is 5.32 Å². The van der Waals surface area contributed by atoms with Crippen molar-refractivity contribution in [3.05, 3.63) is 77.1 Å². The van der Waals surface area contributed by atoms with E-state index >= 15 is 0 Å². The maximum atomic E-state index is 12.6. The lowest BCUT2D eigenvalue weighted by molar-refractivity contribution is -0.137. The van der Waals surface area contributed by atoms with E-state index in [2.05, 4.69) is 16.9 Å². The third-order valence-electron chi connectivity index (χ3n) is 3.08. The molecule has 1 aromatic heterocycles. The molecule has 1 amide bonds. The Hall–Kier alpha value is -2.34. The van der Waals surface area contributed by atoms with E-state index in [0.717, 1.165) is 18.3 Å². The summed E-state index contributed by atoms with van der Waals surface area (Å²) in [5.74, 6) is -0.466. The van der Waals surface area contributed by atoms with Crippen molar-refractivity contribution >= 4 is 17.5 Å². The van der Waals surface area contributed by atoms with Crippen molar-refractivity contribution in [3.8, 4) is 0 Å². The van der Waals surface area contributed by atoms with Gasteiger partial charge in [-0.3, -0.25) is 9.78 Å². The van der Waals surface area contributed by atoms with Crippen molar-refractivity contribution in [3.63, 3.8) is 0 Å². The first-order valence-corrected chi connectivity index (χ1v) is 6.90. The van der Waals surface area contributed by atoms with Crippen LogP contribution in [0.1, 0.15) is 22.9 Å². The molecule has 0 aliphatic heterocycles. The number of hydrogen-bond donors (Lipinski definition) is 1. The Morgan fingerprint density at radius 1 is 1.22 bits per heavy atom. The molecule has 0 radical (unpaired) electrons. The van der Waals surface area contributed by atoms with Gasteiger partial charge in [-0.1, -0.05) is 30.3 Å². The molecule has 0 saturated heterocycles. The zero-order valence-corrected chi connectivity index (χ0v) is 12.5. The summed E-state index contributed by atoms with van der Waals surface area (Å²) in [5.41, 5.74) is 0.0542. The Morgan fingerprint density at radius 3 is 2.35 bits per heavy atom. The van der Waals surface area contributed by atoms with E-state index in [1.807, 2.05) is 0 Å². The van der Waals surface area contributed by atoms with Crippen molar-refractivity contribution in [2.45, 2.75) is 12.2 Å². The van der Waals surface area contributed by atoms with Crippen LogP contribution in [0.2, 0.25) is 5.02 Å². The molecule has 0 spiro atoms. The molecule has 7 heteroatoms. The molecule has 0 fully saturated rings. The van der Waals surface area contributed by atoms with Crippen molar-refractivity contribution < 1.29 is 18.0 Å². The topological polar surface area (TPSA) is 42.0 Å². The van der Waals surface area contributed by atoms with Crippen molar-refractivity contribution in [2.75, 3.05) is 0 Å². The van der Waals surface area contributed by atoms with E-state index in [1.54, 1.807) is 24.3 Å². The molecule has 1 heterocycles. The van der Waals surface area contributed by atoms with E-state index in [4.69, 9.17) is 11.6 Å². The summed E-state index contributed by atoms with van der Waals surface area (Å²) in [7, 11) is 0. The van der Waals surface area contributed by atoms with Gasteiger partial charge in [-0.05, 0) is 35.9 Å². The first-order valence-electron chi connectivity index (χ1n) is 6.53. The molecule has 23 heavy (non-hydrogen) atoms. The fourth-order valence-electron chi connectivity index (χ4n) is 1.93. The van der Waals surface area contributed by atoms with Gasteiger partial charge in [0.1, 0.15) is 0 Å². The number of nitrogens with zero attached hydrogens (tertiary/aromatic N) is 1. The lowest BCUT2D eigenvalue weighted by Gasteiger charge is -2.18. The smallest absolute Gasteiger partial charge is 0.340 e. The summed E-state index contributed by atoms with van der Waals surface area (Å²) in [4.78, 5) is 15.4. The van der Waals surface area contributed by atoms with Crippen LogP contribution in [-0.2, 0) is 11.0 Å². The van der Waals surface area contributed by atoms with Gasteiger partial charge in [0.15, 0.2) is 0 Å². The standard InChI is InChI=1S/C16H12ClF3N2O/c1-2-14(23)22-15(10-3-6-12(17)7-4-10)13-8-5-11(9-21-13)16(18,19)20/h2-9,15H,1H2,(H,22,23). The minimum absolute atomic E-state index is 0.274. The van der Waals surface area contributed by atoms with E-state index in [1.165, 1.54) is 6.07 Å². The third kappa shape index (κ3) is 4.32. The molecular weight excluding hydrogens is 329 g/mol. The molecule has 3 nitrogen and oxygen atoms in total. The second-order valence-corrected chi connectivity index (χ2v) is 5.10. The molecule has 0 bridgehead atoms. The van der Waals surface area contributed by atoms with E-state index in [0.29, 0.717) is 10.6 Å². The Kier molecular flexibility index (Phi) is 5.05. The van der Waals surface area contributed by atoms with Crippen molar-refractivity contribution in [1.82, 2.24) is 10.3 Å². The van der Waals surface area contributed by atoms with Crippen LogP contribution in [0.3, 0.4) is 0 Å². The van der Waals surface area contributed by atoms with Gasteiger partial charge < -0.3 is 5.32 Å². The molecule has 1 unspecified atom stereocenters. The highest BCUT2D eigenvalue weighted by atomic mass is 35.5. The molecule has 0 aliphatic carbocycles. The fraction of sp³-hybridized carbons (Fsp3) is 0.125. The van der Waals surface area contributed by atoms with Gasteiger partial charge in [-0.15, -0.1) is 0 Å². The predicted molar refractivity (Wildman–Crippen MR) is 80.9 cm³/mol. The fourth-order valence-corrected chi connectivity index (χ4v) is 2.05. The van der Waals surface area contributed by atoms with Gasteiger partial charge in [-0.2, -0.15) is 13.2 Å². The van der Waals surface area contributed by atoms with Crippen molar-refractivity contribution in [1.29, 1.82) is 0 Å². The second kappa shape index (κ2) is 6.83. The number of amides is 1. The van der Waals surface area contributed by atoms with Crippen LogP contribution in [0.4, 0.5) is 13.2 Å². The normalized spacial score (nSPS) is 12.5. The van der Waals surface area contributed by atoms with E-state index < -0.39 is 23.7 Å². The van der Waals surface area contributed by atoms with Crippen molar-refractivity contribution in [2.24, 2.45) is 0 Å². The minimum atomic E-state index is -4.47. The Morgan fingerprint density at radius 2 is 1.87 bits per heavy atom. The van der Waals surface area contributed by atoms with E-state index in [-0.39, 0.29) is 5.69 Å². The highest BCUT2D eigenvalue weighted by Crippen LogP contribution is 2.30. The second-order valence-electron chi connectivity index (χ2n) is 4.67. The number of halogens is 4. The van der Waals surface area contributed by atoms with Crippen LogP contribution in [0.25, 0.3) is 0 Å². The number of pyridine rings is 1. The van der Waals surface area contributed by atoms with Gasteiger partial charge in [0.25, 0.3) is 0 Å². The third-order valence-corrected chi connectivity index (χ3v) is 3.34. The number of alkyl halides is 3. The first-order chi connectivity index (χ1) is 10.8. The monoisotopic (exact) mass is 340 g/mol. The molecule has 1 N–H and O–H groups in total. The summed E-state index contributed by atoms with van der Waals surface area (Å²) in [6.07, 6.45) is -2.66. The first kappa shape index (κ1) is 17.0. The quantitative estimate of drug-likeness (QED) is 0.850. The largest absolute Gasteiger partial charge is 0.417 e. The molecule has 0 saturated carbocycles. The average molecular weight is 341 g/mol. The summed E-state index contributed by atoms with van der Waals surface area (Å²) in [6.45, 7) is 3.36. The summed E-state index contributed by atoms with van der Waals surface area (Å²) < 4.78 is 37.8. The molecule has 0 aliphatic rings. The number of hydrogen-bond acceptors (Lipinski definition) is 2.